The van der Waals surface area contributed by atoms with Gasteiger partial charge in [-0.05, 0) is 38.0 Å². The molecule has 1 saturated carbocycles. The van der Waals surface area contributed by atoms with E-state index < -0.39 is 0 Å². The maximum absolute atomic E-state index is 4.39. The van der Waals surface area contributed by atoms with Crippen LogP contribution in [0.5, 0.6) is 0 Å². The summed E-state index contributed by atoms with van der Waals surface area (Å²) in [4.78, 5) is 4.39. The summed E-state index contributed by atoms with van der Waals surface area (Å²) in [5, 5.41) is 8.03. The van der Waals surface area contributed by atoms with Crippen LogP contribution in [0.25, 0.3) is 0 Å². The van der Waals surface area contributed by atoms with E-state index in [0.29, 0.717) is 12.1 Å². The van der Waals surface area contributed by atoms with Crippen molar-refractivity contribution in [1.29, 1.82) is 0 Å². The van der Waals surface area contributed by atoms with E-state index in [4.69, 9.17) is 0 Å². The van der Waals surface area contributed by atoms with Gasteiger partial charge in [0.25, 0.3) is 0 Å². The summed E-state index contributed by atoms with van der Waals surface area (Å²) in [6, 6.07) is 1.13. The second kappa shape index (κ2) is 4.17. The van der Waals surface area contributed by atoms with E-state index in [1.165, 1.54) is 32.1 Å². The highest BCUT2D eigenvalue weighted by atomic mass is 15.3. The highest BCUT2D eigenvalue weighted by Crippen LogP contribution is 2.29. The van der Waals surface area contributed by atoms with Gasteiger partial charge in [0.1, 0.15) is 12.2 Å². The van der Waals surface area contributed by atoms with Gasteiger partial charge in [0.2, 0.25) is 0 Å². The van der Waals surface area contributed by atoms with E-state index >= 15 is 0 Å². The van der Waals surface area contributed by atoms with Crippen LogP contribution >= 0.6 is 0 Å². The van der Waals surface area contributed by atoms with Gasteiger partial charge in [0.05, 0.1) is 6.04 Å². The third kappa shape index (κ3) is 1.86. The Morgan fingerprint density at radius 2 is 2.31 bits per heavy atom. The second-order valence-corrected chi connectivity index (χ2v) is 5.32. The molecule has 0 amide bonds. The SMILES string of the molecule is CC1CCC(NC2CCCn3ncnc32)C1. The Labute approximate surface area is 96.4 Å². The molecule has 0 bridgehead atoms. The van der Waals surface area contributed by atoms with Crippen molar-refractivity contribution < 1.29 is 0 Å². The van der Waals surface area contributed by atoms with Gasteiger partial charge in [-0.3, -0.25) is 0 Å². The summed E-state index contributed by atoms with van der Waals surface area (Å²) < 4.78 is 2.06. The molecule has 1 aromatic heterocycles. The summed E-state index contributed by atoms with van der Waals surface area (Å²) in [5.41, 5.74) is 0. The number of nitrogens with one attached hydrogen (secondary N) is 1. The molecular weight excluding hydrogens is 200 g/mol. The van der Waals surface area contributed by atoms with Crippen LogP contribution in [0.2, 0.25) is 0 Å². The average Bonchev–Trinajstić information content (AvgIpc) is 2.87. The highest BCUT2D eigenvalue weighted by molar-refractivity contribution is 4.99. The van der Waals surface area contributed by atoms with E-state index in [1.54, 1.807) is 6.33 Å². The molecule has 16 heavy (non-hydrogen) atoms. The van der Waals surface area contributed by atoms with Gasteiger partial charge in [0, 0.05) is 12.6 Å². The molecule has 4 heteroatoms. The predicted octanol–water partition coefficient (Wildman–Crippen LogP) is 1.89. The van der Waals surface area contributed by atoms with Crippen molar-refractivity contribution in [1.82, 2.24) is 20.1 Å². The van der Waals surface area contributed by atoms with Crippen LogP contribution in [-0.2, 0) is 6.54 Å². The minimum atomic E-state index is 0.437. The first-order chi connectivity index (χ1) is 7.83. The zero-order valence-corrected chi connectivity index (χ0v) is 9.89. The molecule has 1 aliphatic heterocycles. The van der Waals surface area contributed by atoms with Crippen molar-refractivity contribution >= 4 is 0 Å². The standard InChI is InChI=1S/C12H20N4/c1-9-4-5-10(7-9)15-11-3-2-6-16-12(11)13-8-14-16/h8-11,15H,2-7H2,1H3. The summed E-state index contributed by atoms with van der Waals surface area (Å²) >= 11 is 0. The van der Waals surface area contributed by atoms with Crippen molar-refractivity contribution in [3.8, 4) is 0 Å². The molecular formula is C12H20N4. The Bertz CT molecular complexity index is 360. The molecule has 0 saturated heterocycles. The van der Waals surface area contributed by atoms with Crippen LogP contribution in [-0.4, -0.2) is 20.8 Å². The molecule has 0 spiro atoms. The van der Waals surface area contributed by atoms with Crippen molar-refractivity contribution in [2.75, 3.05) is 0 Å². The lowest BCUT2D eigenvalue weighted by Crippen LogP contribution is -2.35. The lowest BCUT2D eigenvalue weighted by atomic mass is 10.1. The Morgan fingerprint density at radius 3 is 3.12 bits per heavy atom. The first kappa shape index (κ1) is 10.3. The van der Waals surface area contributed by atoms with Crippen molar-refractivity contribution in [3.63, 3.8) is 0 Å². The largest absolute Gasteiger partial charge is 0.304 e. The maximum Gasteiger partial charge on any atom is 0.143 e. The first-order valence-corrected chi connectivity index (χ1v) is 6.46. The topological polar surface area (TPSA) is 42.7 Å². The molecule has 0 radical (unpaired) electrons. The van der Waals surface area contributed by atoms with Gasteiger partial charge in [-0.25, -0.2) is 9.67 Å². The fourth-order valence-electron chi connectivity index (χ4n) is 3.09. The molecule has 3 atom stereocenters. The average molecular weight is 220 g/mol. The number of hydrogen-bond acceptors (Lipinski definition) is 3. The zero-order valence-electron chi connectivity index (χ0n) is 9.89. The van der Waals surface area contributed by atoms with Gasteiger partial charge in [0.15, 0.2) is 0 Å². The number of nitrogens with zero attached hydrogens (tertiary/aromatic N) is 3. The summed E-state index contributed by atoms with van der Waals surface area (Å²) in [5.74, 6) is 2.03. The van der Waals surface area contributed by atoms with Crippen LogP contribution in [0.15, 0.2) is 6.33 Å². The number of fused-ring (bicyclic) bond motifs is 1. The molecule has 4 nitrogen and oxygen atoms in total. The summed E-state index contributed by atoms with van der Waals surface area (Å²) in [6.45, 7) is 3.39. The minimum absolute atomic E-state index is 0.437. The minimum Gasteiger partial charge on any atom is -0.304 e. The predicted molar refractivity (Wildman–Crippen MR) is 61.9 cm³/mol. The Kier molecular flexibility index (Phi) is 2.67. The highest BCUT2D eigenvalue weighted by Gasteiger charge is 2.28. The van der Waals surface area contributed by atoms with Gasteiger partial charge < -0.3 is 5.32 Å². The maximum atomic E-state index is 4.39. The molecule has 0 aromatic carbocycles. The zero-order chi connectivity index (χ0) is 11.0. The van der Waals surface area contributed by atoms with E-state index in [9.17, 15) is 0 Å². The van der Waals surface area contributed by atoms with Crippen LogP contribution in [0.4, 0.5) is 0 Å². The lowest BCUT2D eigenvalue weighted by Gasteiger charge is -2.26. The molecule has 3 unspecified atom stereocenters. The quantitative estimate of drug-likeness (QED) is 0.827. The van der Waals surface area contributed by atoms with Crippen molar-refractivity contribution in [2.24, 2.45) is 5.92 Å². The van der Waals surface area contributed by atoms with E-state index in [2.05, 4.69) is 27.0 Å². The molecule has 2 aliphatic rings. The smallest absolute Gasteiger partial charge is 0.143 e. The van der Waals surface area contributed by atoms with Crippen LogP contribution in [0, 0.1) is 5.92 Å². The summed E-state index contributed by atoms with van der Waals surface area (Å²) in [6.07, 6.45) is 8.14. The number of aromatic nitrogens is 3. The van der Waals surface area contributed by atoms with Crippen LogP contribution in [0.1, 0.15) is 50.9 Å². The molecule has 88 valence electrons. The Hall–Kier alpha value is -0.900. The van der Waals surface area contributed by atoms with Crippen molar-refractivity contribution in [2.45, 2.75) is 57.7 Å². The van der Waals surface area contributed by atoms with Crippen LogP contribution < -0.4 is 5.32 Å². The van der Waals surface area contributed by atoms with E-state index in [1.807, 2.05) is 0 Å². The van der Waals surface area contributed by atoms with Crippen molar-refractivity contribution in [3.05, 3.63) is 12.2 Å². The fourth-order valence-corrected chi connectivity index (χ4v) is 3.09. The van der Waals surface area contributed by atoms with Gasteiger partial charge in [-0.2, -0.15) is 5.10 Å². The molecule has 2 heterocycles. The molecule has 1 aliphatic carbocycles. The van der Waals surface area contributed by atoms with E-state index in [0.717, 1.165) is 18.3 Å². The van der Waals surface area contributed by atoms with E-state index in [-0.39, 0.29) is 0 Å². The second-order valence-electron chi connectivity index (χ2n) is 5.32. The number of aryl methyl sites for hydroxylation is 1. The van der Waals surface area contributed by atoms with Gasteiger partial charge in [-0.1, -0.05) is 6.92 Å². The van der Waals surface area contributed by atoms with Gasteiger partial charge in [-0.15, -0.1) is 0 Å². The van der Waals surface area contributed by atoms with Crippen LogP contribution in [0.3, 0.4) is 0 Å². The fraction of sp³-hybridized carbons (Fsp3) is 0.833. The third-order valence-electron chi connectivity index (χ3n) is 3.95. The normalized spacial score (nSPS) is 33.9. The number of hydrogen-bond donors (Lipinski definition) is 1. The Balaban J connectivity index is 1.68. The molecule has 1 aromatic rings. The molecule has 1 N–H and O–H groups in total. The third-order valence-corrected chi connectivity index (χ3v) is 3.95. The molecule has 1 fully saturated rings. The number of rotatable bonds is 2. The lowest BCUT2D eigenvalue weighted by molar-refractivity contribution is 0.332. The molecule has 3 rings (SSSR count). The summed E-state index contributed by atoms with van der Waals surface area (Å²) in [7, 11) is 0. The first-order valence-electron chi connectivity index (χ1n) is 6.46. The monoisotopic (exact) mass is 220 g/mol. The van der Waals surface area contributed by atoms with Gasteiger partial charge >= 0.3 is 0 Å². The Morgan fingerprint density at radius 1 is 1.38 bits per heavy atom.